The van der Waals surface area contributed by atoms with Gasteiger partial charge in [-0.05, 0) is 12.3 Å². The van der Waals surface area contributed by atoms with Crippen LogP contribution in [0.2, 0.25) is 0 Å². The maximum Gasteiger partial charge on any atom is 0.326 e. The summed E-state index contributed by atoms with van der Waals surface area (Å²) in [6, 6.07) is -0.905. The zero-order valence-corrected chi connectivity index (χ0v) is 9.10. The van der Waals surface area contributed by atoms with E-state index < -0.39 is 17.9 Å². The highest BCUT2D eigenvalue weighted by molar-refractivity contribution is 5.93. The number of carbonyl (C=O) groups is 2. The number of aromatic amines is 1. The van der Waals surface area contributed by atoms with Crippen molar-refractivity contribution >= 4 is 11.9 Å². The summed E-state index contributed by atoms with van der Waals surface area (Å²) < 4.78 is 0. The van der Waals surface area contributed by atoms with Gasteiger partial charge in [0.2, 0.25) is 5.82 Å². The van der Waals surface area contributed by atoms with Gasteiger partial charge >= 0.3 is 5.97 Å². The molecule has 0 radical (unpaired) electrons. The van der Waals surface area contributed by atoms with Gasteiger partial charge in [-0.15, -0.1) is 0 Å². The van der Waals surface area contributed by atoms with Crippen molar-refractivity contribution in [3.63, 3.8) is 0 Å². The van der Waals surface area contributed by atoms with Crippen LogP contribution < -0.4 is 5.32 Å². The smallest absolute Gasteiger partial charge is 0.326 e. The monoisotopic (exact) mass is 226 g/mol. The molecular weight excluding hydrogens is 212 g/mol. The number of hydrogen-bond acceptors (Lipinski definition) is 4. The Labute approximate surface area is 92.3 Å². The lowest BCUT2D eigenvalue weighted by molar-refractivity contribution is -0.139. The van der Waals surface area contributed by atoms with Gasteiger partial charge in [-0.25, -0.2) is 9.78 Å². The Bertz CT molecular complexity index is 361. The standard InChI is InChI=1S/C9H14N4O3/c1-5(2)3-6(9(15)16)12-8(14)7-10-4-11-13-7/h4-6H,3H2,1-2H3,(H,12,14)(H,15,16)(H,10,11,13). The van der Waals surface area contributed by atoms with Gasteiger partial charge in [0.05, 0.1) is 0 Å². The van der Waals surface area contributed by atoms with E-state index in [-0.39, 0.29) is 11.7 Å². The Hall–Kier alpha value is -1.92. The summed E-state index contributed by atoms with van der Waals surface area (Å²) in [7, 11) is 0. The second-order valence-corrected chi connectivity index (χ2v) is 3.83. The lowest BCUT2D eigenvalue weighted by Crippen LogP contribution is -2.42. The largest absolute Gasteiger partial charge is 0.480 e. The third-order valence-electron chi connectivity index (χ3n) is 1.94. The van der Waals surface area contributed by atoms with E-state index in [2.05, 4.69) is 20.5 Å². The molecule has 0 aliphatic heterocycles. The fourth-order valence-corrected chi connectivity index (χ4v) is 1.23. The number of hydrogen-bond donors (Lipinski definition) is 3. The van der Waals surface area contributed by atoms with Crippen molar-refractivity contribution in [3.8, 4) is 0 Å². The maximum atomic E-state index is 11.5. The van der Waals surface area contributed by atoms with Crippen molar-refractivity contribution in [2.45, 2.75) is 26.3 Å². The number of carbonyl (C=O) groups excluding carboxylic acids is 1. The molecule has 0 aliphatic rings. The Morgan fingerprint density at radius 3 is 2.69 bits per heavy atom. The number of aromatic nitrogens is 3. The minimum Gasteiger partial charge on any atom is -0.480 e. The number of nitrogens with one attached hydrogen (secondary N) is 2. The summed E-state index contributed by atoms with van der Waals surface area (Å²) in [5.74, 6) is -1.43. The molecule has 3 N–H and O–H groups in total. The molecule has 1 amide bonds. The van der Waals surface area contributed by atoms with Crippen molar-refractivity contribution in [1.29, 1.82) is 0 Å². The maximum absolute atomic E-state index is 11.5. The topological polar surface area (TPSA) is 108 Å². The zero-order chi connectivity index (χ0) is 12.1. The van der Waals surface area contributed by atoms with E-state index in [1.807, 2.05) is 13.8 Å². The van der Waals surface area contributed by atoms with E-state index in [4.69, 9.17) is 5.11 Å². The lowest BCUT2D eigenvalue weighted by Gasteiger charge is -2.15. The van der Waals surface area contributed by atoms with Crippen LogP contribution >= 0.6 is 0 Å². The molecule has 1 rings (SSSR count). The number of rotatable bonds is 5. The average molecular weight is 226 g/mol. The number of nitrogens with zero attached hydrogens (tertiary/aromatic N) is 2. The summed E-state index contributed by atoms with van der Waals surface area (Å²) >= 11 is 0. The van der Waals surface area contributed by atoms with Crippen LogP contribution in [-0.4, -0.2) is 38.2 Å². The van der Waals surface area contributed by atoms with E-state index in [1.165, 1.54) is 6.33 Å². The van der Waals surface area contributed by atoms with Crippen LogP contribution in [-0.2, 0) is 4.79 Å². The first-order chi connectivity index (χ1) is 7.50. The molecule has 0 saturated carbocycles. The molecule has 0 spiro atoms. The van der Waals surface area contributed by atoms with Crippen LogP contribution in [0.3, 0.4) is 0 Å². The normalized spacial score (nSPS) is 12.4. The predicted molar refractivity (Wildman–Crippen MR) is 54.7 cm³/mol. The Morgan fingerprint density at radius 2 is 2.25 bits per heavy atom. The Kier molecular flexibility index (Phi) is 3.98. The number of aliphatic carboxylic acids is 1. The molecule has 16 heavy (non-hydrogen) atoms. The molecule has 1 atom stereocenters. The van der Waals surface area contributed by atoms with Gasteiger partial charge in [0.1, 0.15) is 12.4 Å². The van der Waals surface area contributed by atoms with Crippen molar-refractivity contribution in [2.24, 2.45) is 5.92 Å². The summed E-state index contributed by atoms with van der Waals surface area (Å²) in [6.07, 6.45) is 1.56. The van der Waals surface area contributed by atoms with Crippen molar-refractivity contribution in [3.05, 3.63) is 12.2 Å². The molecule has 0 saturated heterocycles. The summed E-state index contributed by atoms with van der Waals surface area (Å²) in [5, 5.41) is 17.2. The fourth-order valence-electron chi connectivity index (χ4n) is 1.23. The lowest BCUT2D eigenvalue weighted by atomic mass is 10.0. The van der Waals surface area contributed by atoms with Crippen LogP contribution in [0.1, 0.15) is 30.9 Å². The van der Waals surface area contributed by atoms with Crippen LogP contribution in [0.5, 0.6) is 0 Å². The number of carboxylic acids is 1. The minimum atomic E-state index is -1.05. The number of H-pyrrole nitrogens is 1. The quantitative estimate of drug-likeness (QED) is 0.656. The first-order valence-electron chi connectivity index (χ1n) is 4.89. The van der Waals surface area contributed by atoms with Crippen LogP contribution in [0.4, 0.5) is 0 Å². The van der Waals surface area contributed by atoms with Gasteiger partial charge in [0.25, 0.3) is 5.91 Å². The molecule has 0 aliphatic carbocycles. The number of carboxylic acid groups (broad SMARTS) is 1. The van der Waals surface area contributed by atoms with Crippen molar-refractivity contribution < 1.29 is 14.7 Å². The number of amides is 1. The fraction of sp³-hybridized carbons (Fsp3) is 0.556. The molecule has 0 fully saturated rings. The van der Waals surface area contributed by atoms with Crippen LogP contribution in [0, 0.1) is 5.92 Å². The van der Waals surface area contributed by atoms with Gasteiger partial charge in [-0.3, -0.25) is 9.89 Å². The van der Waals surface area contributed by atoms with Gasteiger partial charge in [-0.1, -0.05) is 13.8 Å². The van der Waals surface area contributed by atoms with Gasteiger partial charge < -0.3 is 10.4 Å². The minimum absolute atomic E-state index is 0.00926. The Balaban J connectivity index is 2.62. The van der Waals surface area contributed by atoms with Crippen LogP contribution in [0.15, 0.2) is 6.33 Å². The van der Waals surface area contributed by atoms with Gasteiger partial charge in [0, 0.05) is 0 Å². The second-order valence-electron chi connectivity index (χ2n) is 3.83. The molecule has 7 heteroatoms. The van der Waals surface area contributed by atoms with Crippen molar-refractivity contribution in [2.75, 3.05) is 0 Å². The molecule has 1 aromatic rings. The second kappa shape index (κ2) is 5.24. The summed E-state index contributed by atoms with van der Waals surface area (Å²) in [5.41, 5.74) is 0. The molecule has 1 unspecified atom stereocenters. The molecule has 88 valence electrons. The summed E-state index contributed by atoms with van der Waals surface area (Å²) in [4.78, 5) is 26.0. The average Bonchev–Trinajstić information content (AvgIpc) is 2.68. The molecule has 1 heterocycles. The van der Waals surface area contributed by atoms with E-state index in [0.717, 1.165) is 0 Å². The molecule has 0 bridgehead atoms. The third-order valence-corrected chi connectivity index (χ3v) is 1.94. The van der Waals surface area contributed by atoms with E-state index in [9.17, 15) is 9.59 Å². The zero-order valence-electron chi connectivity index (χ0n) is 9.10. The highest BCUT2D eigenvalue weighted by Gasteiger charge is 2.22. The molecule has 7 nitrogen and oxygen atoms in total. The van der Waals surface area contributed by atoms with Crippen molar-refractivity contribution in [1.82, 2.24) is 20.5 Å². The molecule has 1 aromatic heterocycles. The first-order valence-corrected chi connectivity index (χ1v) is 4.89. The summed E-state index contributed by atoms with van der Waals surface area (Å²) in [6.45, 7) is 3.77. The molecule has 0 aromatic carbocycles. The SMILES string of the molecule is CC(C)CC(NC(=O)c1ncn[nH]1)C(=O)O. The van der Waals surface area contributed by atoms with E-state index in [1.54, 1.807) is 0 Å². The predicted octanol–water partition coefficient (Wildman–Crippen LogP) is 0.0338. The van der Waals surface area contributed by atoms with E-state index >= 15 is 0 Å². The van der Waals surface area contributed by atoms with Crippen LogP contribution in [0.25, 0.3) is 0 Å². The van der Waals surface area contributed by atoms with E-state index in [0.29, 0.717) is 6.42 Å². The first kappa shape index (κ1) is 12.2. The molecular formula is C9H14N4O3. The Morgan fingerprint density at radius 1 is 1.56 bits per heavy atom. The van der Waals surface area contributed by atoms with Gasteiger partial charge in [0.15, 0.2) is 0 Å². The third kappa shape index (κ3) is 3.34. The highest BCUT2D eigenvalue weighted by Crippen LogP contribution is 2.05. The highest BCUT2D eigenvalue weighted by atomic mass is 16.4. The van der Waals surface area contributed by atoms with Gasteiger partial charge in [-0.2, -0.15) is 5.10 Å².